The third-order valence-electron chi connectivity index (χ3n) is 2.65. The third kappa shape index (κ3) is 4.75. The second kappa shape index (κ2) is 7.71. The molecule has 0 radical (unpaired) electrons. The summed E-state index contributed by atoms with van der Waals surface area (Å²) in [6.45, 7) is 0. The van der Waals surface area contributed by atoms with E-state index in [0.717, 1.165) is 31.4 Å². The van der Waals surface area contributed by atoms with Crippen LogP contribution in [0.15, 0.2) is 35.5 Å². The van der Waals surface area contributed by atoms with Crippen LogP contribution in [-0.2, 0) is 0 Å². The van der Waals surface area contributed by atoms with E-state index in [2.05, 4.69) is 5.16 Å². The van der Waals surface area contributed by atoms with Crippen molar-refractivity contribution in [3.05, 3.63) is 35.9 Å². The number of benzene rings is 1. The number of carboxylic acid groups (broad SMARTS) is 1. The number of rotatable bonds is 1. The van der Waals surface area contributed by atoms with E-state index in [1.165, 1.54) is 0 Å². The van der Waals surface area contributed by atoms with Crippen molar-refractivity contribution >= 4 is 23.3 Å². The lowest BCUT2D eigenvalue weighted by Crippen LogP contribution is -2.18. The number of nitrogens with zero attached hydrogens (tertiary/aromatic N) is 1. The fourth-order valence-corrected chi connectivity index (χ4v) is 1.95. The second-order valence-electron chi connectivity index (χ2n) is 3.98. The molecule has 5 heteroatoms. The molecule has 2 N–H and O–H groups in total. The van der Waals surface area contributed by atoms with Crippen LogP contribution in [0.3, 0.4) is 0 Å². The first-order valence-electron chi connectivity index (χ1n) is 5.78. The number of oxime groups is 1. The van der Waals surface area contributed by atoms with Gasteiger partial charge in [0.05, 0.1) is 16.7 Å². The van der Waals surface area contributed by atoms with Gasteiger partial charge >= 0.3 is 5.97 Å². The van der Waals surface area contributed by atoms with Gasteiger partial charge in [-0.25, -0.2) is 4.79 Å². The van der Waals surface area contributed by atoms with Crippen molar-refractivity contribution in [2.45, 2.75) is 31.1 Å². The van der Waals surface area contributed by atoms with E-state index in [4.69, 9.17) is 21.9 Å². The average Bonchev–Trinajstić information content (AvgIpc) is 2.41. The van der Waals surface area contributed by atoms with Crippen LogP contribution < -0.4 is 0 Å². The van der Waals surface area contributed by atoms with Gasteiger partial charge in [0.1, 0.15) is 0 Å². The predicted octanol–water partition coefficient (Wildman–Crippen LogP) is 3.38. The highest BCUT2D eigenvalue weighted by Gasteiger charge is 2.17. The van der Waals surface area contributed by atoms with E-state index in [9.17, 15) is 4.79 Å². The van der Waals surface area contributed by atoms with Gasteiger partial charge in [0, 0.05) is 0 Å². The van der Waals surface area contributed by atoms with Crippen molar-refractivity contribution < 1.29 is 15.1 Å². The van der Waals surface area contributed by atoms with Gasteiger partial charge in [-0.15, -0.1) is 11.6 Å². The molecule has 1 aliphatic rings. The molecule has 1 unspecified atom stereocenters. The molecular formula is C13H16ClNO3. The maximum Gasteiger partial charge on any atom is 0.335 e. The molecule has 18 heavy (non-hydrogen) atoms. The first-order valence-corrected chi connectivity index (χ1v) is 6.22. The van der Waals surface area contributed by atoms with Crippen molar-refractivity contribution in [2.24, 2.45) is 5.16 Å². The molecule has 1 aliphatic carbocycles. The molecule has 1 aromatic rings. The highest BCUT2D eigenvalue weighted by molar-refractivity contribution is 6.32. The molecule has 0 aromatic heterocycles. The molecule has 0 heterocycles. The zero-order valence-electron chi connectivity index (χ0n) is 9.92. The Labute approximate surface area is 111 Å². The zero-order valence-corrected chi connectivity index (χ0v) is 10.7. The maximum atomic E-state index is 10.2. The molecule has 0 spiro atoms. The van der Waals surface area contributed by atoms with Crippen molar-refractivity contribution in [1.82, 2.24) is 0 Å². The first-order chi connectivity index (χ1) is 8.65. The molecule has 1 fully saturated rings. The summed E-state index contributed by atoms with van der Waals surface area (Å²) in [7, 11) is 0. The molecule has 4 nitrogen and oxygen atoms in total. The highest BCUT2D eigenvalue weighted by atomic mass is 35.5. The smallest absolute Gasteiger partial charge is 0.335 e. The number of halogens is 1. The van der Waals surface area contributed by atoms with Crippen LogP contribution in [0.4, 0.5) is 0 Å². The fourth-order valence-electron chi connectivity index (χ4n) is 1.65. The molecule has 0 bridgehead atoms. The number of hydrogen-bond acceptors (Lipinski definition) is 3. The summed E-state index contributed by atoms with van der Waals surface area (Å²) < 4.78 is 0. The number of alkyl halides is 1. The van der Waals surface area contributed by atoms with Gasteiger partial charge in [-0.3, -0.25) is 0 Å². The lowest BCUT2D eigenvalue weighted by Gasteiger charge is -2.15. The summed E-state index contributed by atoms with van der Waals surface area (Å²) in [5.41, 5.74) is 1.08. The number of hydrogen-bond donors (Lipinski definition) is 2. The Kier molecular flexibility index (Phi) is 6.22. The summed E-state index contributed by atoms with van der Waals surface area (Å²) in [5.74, 6) is -0.879. The van der Waals surface area contributed by atoms with E-state index in [1.807, 2.05) is 0 Å². The molecule has 1 atom stereocenters. The lowest BCUT2D eigenvalue weighted by atomic mass is 9.98. The monoisotopic (exact) mass is 269 g/mol. The Morgan fingerprint density at radius 2 is 1.94 bits per heavy atom. The first kappa shape index (κ1) is 14.5. The maximum absolute atomic E-state index is 10.2. The second-order valence-corrected chi connectivity index (χ2v) is 4.50. The molecule has 0 saturated heterocycles. The van der Waals surface area contributed by atoms with E-state index in [-0.39, 0.29) is 5.38 Å². The Hall–Kier alpha value is -1.55. The van der Waals surface area contributed by atoms with Gasteiger partial charge in [-0.2, -0.15) is 0 Å². The van der Waals surface area contributed by atoms with Gasteiger partial charge in [0.25, 0.3) is 0 Å². The Bertz CT molecular complexity index is 406. The Morgan fingerprint density at radius 3 is 2.33 bits per heavy atom. The molecular weight excluding hydrogens is 254 g/mol. The number of carboxylic acids is 1. The predicted molar refractivity (Wildman–Crippen MR) is 70.7 cm³/mol. The van der Waals surface area contributed by atoms with Crippen LogP contribution in [0.1, 0.15) is 36.0 Å². The van der Waals surface area contributed by atoms with Crippen LogP contribution >= 0.6 is 11.6 Å². The zero-order chi connectivity index (χ0) is 13.4. The van der Waals surface area contributed by atoms with E-state index in [1.54, 1.807) is 30.3 Å². The fraction of sp³-hybridized carbons (Fsp3) is 0.385. The van der Waals surface area contributed by atoms with Crippen molar-refractivity contribution in [2.75, 3.05) is 0 Å². The quantitative estimate of drug-likeness (QED) is 0.466. The molecule has 0 aliphatic heterocycles. The average molecular weight is 270 g/mol. The number of carbonyl (C=O) groups is 1. The van der Waals surface area contributed by atoms with Crippen LogP contribution in [0.2, 0.25) is 0 Å². The standard InChI is InChI=1S/C7H6O2.C6H10ClNO/c8-7(9)6-4-2-1-3-5-6;7-5-3-1-2-4-6(5)8-9/h1-5H,(H,8,9);5,9H,1-4H2/b;8-6-. The summed E-state index contributed by atoms with van der Waals surface area (Å²) in [6.07, 6.45) is 4.10. The van der Waals surface area contributed by atoms with Crippen molar-refractivity contribution in [3.63, 3.8) is 0 Å². The largest absolute Gasteiger partial charge is 0.478 e. The topological polar surface area (TPSA) is 69.9 Å². The molecule has 1 aromatic carbocycles. The normalized spacial score (nSPS) is 20.9. The minimum Gasteiger partial charge on any atom is -0.478 e. The summed E-state index contributed by atoms with van der Waals surface area (Å²) in [4.78, 5) is 10.2. The van der Waals surface area contributed by atoms with Crippen LogP contribution in [0.5, 0.6) is 0 Å². The van der Waals surface area contributed by atoms with Gasteiger partial charge in [0.15, 0.2) is 0 Å². The Balaban J connectivity index is 0.000000180. The SMILES string of the molecule is O/N=C1/CCCCC1Cl.O=C(O)c1ccccc1. The van der Waals surface area contributed by atoms with Crippen molar-refractivity contribution in [1.29, 1.82) is 0 Å². The van der Waals surface area contributed by atoms with E-state index in [0.29, 0.717) is 5.56 Å². The minimum atomic E-state index is -0.879. The lowest BCUT2D eigenvalue weighted by molar-refractivity contribution is 0.0697. The van der Waals surface area contributed by atoms with Crippen LogP contribution in [-0.4, -0.2) is 27.4 Å². The molecule has 0 amide bonds. The highest BCUT2D eigenvalue weighted by Crippen LogP contribution is 2.19. The van der Waals surface area contributed by atoms with Crippen LogP contribution in [0.25, 0.3) is 0 Å². The van der Waals surface area contributed by atoms with E-state index < -0.39 is 5.97 Å². The van der Waals surface area contributed by atoms with Gasteiger partial charge < -0.3 is 10.3 Å². The summed E-state index contributed by atoms with van der Waals surface area (Å²) in [5, 5.41) is 19.9. The molecule has 98 valence electrons. The van der Waals surface area contributed by atoms with Gasteiger partial charge in [-0.05, 0) is 31.4 Å². The van der Waals surface area contributed by atoms with Crippen molar-refractivity contribution in [3.8, 4) is 0 Å². The summed E-state index contributed by atoms with van der Waals surface area (Å²) >= 11 is 5.79. The van der Waals surface area contributed by atoms with Gasteiger partial charge in [0.2, 0.25) is 0 Å². The summed E-state index contributed by atoms with van der Waals surface area (Å²) in [6, 6.07) is 8.30. The minimum absolute atomic E-state index is 0.0104. The third-order valence-corrected chi connectivity index (χ3v) is 3.12. The Morgan fingerprint density at radius 1 is 1.28 bits per heavy atom. The van der Waals surface area contributed by atoms with E-state index >= 15 is 0 Å². The molecule has 1 saturated carbocycles. The number of aromatic carboxylic acids is 1. The van der Waals surface area contributed by atoms with Crippen LogP contribution in [0, 0.1) is 0 Å². The molecule has 2 rings (SSSR count). The van der Waals surface area contributed by atoms with Gasteiger partial charge in [-0.1, -0.05) is 29.8 Å².